The monoisotopic (exact) mass is 200 g/mol. The van der Waals surface area contributed by atoms with Gasteiger partial charge in [0.05, 0.1) is 6.10 Å². The molecule has 1 nitrogen and oxygen atoms in total. The molecule has 0 radical (unpaired) electrons. The van der Waals surface area contributed by atoms with E-state index in [9.17, 15) is 5.11 Å². The van der Waals surface area contributed by atoms with Gasteiger partial charge < -0.3 is 5.11 Å². The molecule has 0 saturated heterocycles. The lowest BCUT2D eigenvalue weighted by Crippen LogP contribution is -2.00. The van der Waals surface area contributed by atoms with Gasteiger partial charge in [-0.2, -0.15) is 0 Å². The molecule has 0 spiro atoms. The summed E-state index contributed by atoms with van der Waals surface area (Å²) in [5.41, 5.74) is 2.10. The summed E-state index contributed by atoms with van der Waals surface area (Å²) >= 11 is 0. The Balaban J connectivity index is 2.51. The van der Waals surface area contributed by atoms with Crippen molar-refractivity contribution < 1.29 is 5.11 Å². The Bertz CT molecular complexity index is 375. The second-order valence-corrected chi connectivity index (χ2v) is 3.68. The lowest BCUT2D eigenvalue weighted by atomic mass is 10.1. The molecule has 0 saturated carbocycles. The van der Waals surface area contributed by atoms with Gasteiger partial charge in [0.1, 0.15) is 0 Å². The summed E-state index contributed by atoms with van der Waals surface area (Å²) in [6.07, 6.45) is 1.85. The molecule has 1 N–H and O–H groups in total. The highest BCUT2D eigenvalue weighted by Gasteiger charge is 1.95. The molecule has 1 rings (SSSR count). The highest BCUT2D eigenvalue weighted by Crippen LogP contribution is 1.99. The molecule has 0 fully saturated rings. The van der Waals surface area contributed by atoms with E-state index in [1.165, 1.54) is 0 Å². The normalized spacial score (nSPS) is 11.1. The topological polar surface area (TPSA) is 20.2 Å². The van der Waals surface area contributed by atoms with Crippen molar-refractivity contribution in [2.45, 2.75) is 26.4 Å². The Morgan fingerprint density at radius 2 is 2.00 bits per heavy atom. The van der Waals surface area contributed by atoms with Gasteiger partial charge in [0.2, 0.25) is 0 Å². The highest BCUT2D eigenvalue weighted by atomic mass is 16.3. The average Bonchev–Trinajstić information content (AvgIpc) is 2.18. The quantitative estimate of drug-likeness (QED) is 0.575. The predicted octanol–water partition coefficient (Wildman–Crippen LogP) is 2.76. The first-order chi connectivity index (χ1) is 7.18. The van der Waals surface area contributed by atoms with Gasteiger partial charge in [-0.1, -0.05) is 41.7 Å². The van der Waals surface area contributed by atoms with Crippen LogP contribution in [-0.4, -0.2) is 11.2 Å². The Morgan fingerprint density at radius 3 is 2.60 bits per heavy atom. The van der Waals surface area contributed by atoms with Gasteiger partial charge in [0.15, 0.2) is 0 Å². The molecular formula is C14H16O. The Hall–Kier alpha value is -1.52. The van der Waals surface area contributed by atoms with Crippen LogP contribution in [0.3, 0.4) is 0 Å². The average molecular weight is 200 g/mol. The molecular weight excluding hydrogens is 184 g/mol. The first-order valence-electron chi connectivity index (χ1n) is 5.05. The zero-order chi connectivity index (χ0) is 11.1. The number of hydrogen-bond acceptors (Lipinski definition) is 1. The lowest BCUT2D eigenvalue weighted by Gasteiger charge is -1.99. The van der Waals surface area contributed by atoms with E-state index in [4.69, 9.17) is 0 Å². The SMILES string of the molecule is CC(C)=CC(O)CC#Cc1ccccc1. The Morgan fingerprint density at radius 1 is 1.33 bits per heavy atom. The number of hydrogen-bond donors (Lipinski definition) is 1. The molecule has 1 aromatic rings. The standard InChI is InChI=1S/C14H16O/c1-12(2)11-14(15)10-6-9-13-7-4-3-5-8-13/h3-5,7-8,11,14-15H,10H2,1-2H3. The fraction of sp³-hybridized carbons (Fsp3) is 0.286. The van der Waals surface area contributed by atoms with Crippen LogP contribution >= 0.6 is 0 Å². The molecule has 0 amide bonds. The van der Waals surface area contributed by atoms with Gasteiger partial charge in [-0.25, -0.2) is 0 Å². The van der Waals surface area contributed by atoms with Crippen molar-refractivity contribution in [1.82, 2.24) is 0 Å². The molecule has 0 bridgehead atoms. The summed E-state index contributed by atoms with van der Waals surface area (Å²) in [5, 5.41) is 9.52. The summed E-state index contributed by atoms with van der Waals surface area (Å²) in [7, 11) is 0. The number of aliphatic hydroxyl groups is 1. The number of benzene rings is 1. The van der Waals surface area contributed by atoms with Crippen LogP contribution in [0.15, 0.2) is 42.0 Å². The smallest absolute Gasteiger partial charge is 0.0832 e. The zero-order valence-electron chi connectivity index (χ0n) is 9.20. The molecule has 1 unspecified atom stereocenters. The van der Waals surface area contributed by atoms with E-state index in [0.717, 1.165) is 11.1 Å². The van der Waals surface area contributed by atoms with E-state index in [1.807, 2.05) is 50.3 Å². The van der Waals surface area contributed by atoms with Crippen molar-refractivity contribution in [3.8, 4) is 11.8 Å². The maximum Gasteiger partial charge on any atom is 0.0832 e. The predicted molar refractivity (Wildman–Crippen MR) is 63.4 cm³/mol. The fourth-order valence-electron chi connectivity index (χ4n) is 1.22. The van der Waals surface area contributed by atoms with E-state index in [0.29, 0.717) is 6.42 Å². The minimum Gasteiger partial charge on any atom is -0.388 e. The molecule has 0 aromatic heterocycles. The number of rotatable bonds is 2. The Kier molecular flexibility index (Phi) is 4.66. The molecule has 0 aliphatic rings. The van der Waals surface area contributed by atoms with Crippen molar-refractivity contribution in [1.29, 1.82) is 0 Å². The largest absolute Gasteiger partial charge is 0.388 e. The summed E-state index contributed by atoms with van der Waals surface area (Å²) in [6, 6.07) is 9.79. The third-order valence-electron chi connectivity index (χ3n) is 1.84. The second kappa shape index (κ2) is 6.06. The van der Waals surface area contributed by atoms with Crippen LogP contribution in [-0.2, 0) is 0 Å². The summed E-state index contributed by atoms with van der Waals surface area (Å²) in [4.78, 5) is 0. The third-order valence-corrected chi connectivity index (χ3v) is 1.84. The number of aliphatic hydroxyl groups excluding tert-OH is 1. The van der Waals surface area contributed by atoms with Gasteiger partial charge in [-0.05, 0) is 26.0 Å². The minimum absolute atomic E-state index is 0.453. The first-order valence-corrected chi connectivity index (χ1v) is 5.05. The van der Waals surface area contributed by atoms with Gasteiger partial charge in [-0.3, -0.25) is 0 Å². The molecule has 1 aromatic carbocycles. The van der Waals surface area contributed by atoms with E-state index < -0.39 is 6.10 Å². The van der Waals surface area contributed by atoms with Crippen LogP contribution in [0.1, 0.15) is 25.8 Å². The molecule has 78 valence electrons. The molecule has 15 heavy (non-hydrogen) atoms. The maximum absolute atomic E-state index is 9.52. The zero-order valence-corrected chi connectivity index (χ0v) is 9.20. The van der Waals surface area contributed by atoms with Crippen molar-refractivity contribution >= 4 is 0 Å². The molecule has 1 atom stereocenters. The van der Waals surface area contributed by atoms with Gasteiger partial charge >= 0.3 is 0 Å². The summed E-state index contributed by atoms with van der Waals surface area (Å²) in [5.74, 6) is 5.97. The van der Waals surface area contributed by atoms with E-state index in [1.54, 1.807) is 0 Å². The second-order valence-electron chi connectivity index (χ2n) is 3.68. The molecule has 0 aliphatic carbocycles. The maximum atomic E-state index is 9.52. The van der Waals surface area contributed by atoms with Crippen LogP contribution in [0.5, 0.6) is 0 Å². The highest BCUT2D eigenvalue weighted by molar-refractivity contribution is 5.33. The van der Waals surface area contributed by atoms with Crippen molar-refractivity contribution in [3.63, 3.8) is 0 Å². The van der Waals surface area contributed by atoms with Crippen LogP contribution in [0.25, 0.3) is 0 Å². The van der Waals surface area contributed by atoms with Crippen LogP contribution in [0.2, 0.25) is 0 Å². The Labute approximate surface area is 91.5 Å². The van der Waals surface area contributed by atoms with Crippen LogP contribution in [0.4, 0.5) is 0 Å². The van der Waals surface area contributed by atoms with Gasteiger partial charge in [-0.15, -0.1) is 0 Å². The molecule has 1 heteroatoms. The van der Waals surface area contributed by atoms with E-state index >= 15 is 0 Å². The van der Waals surface area contributed by atoms with Crippen LogP contribution in [0, 0.1) is 11.8 Å². The van der Waals surface area contributed by atoms with Crippen molar-refractivity contribution in [2.24, 2.45) is 0 Å². The third kappa shape index (κ3) is 5.05. The van der Waals surface area contributed by atoms with E-state index in [2.05, 4.69) is 11.8 Å². The minimum atomic E-state index is -0.453. The molecule has 0 aliphatic heterocycles. The lowest BCUT2D eigenvalue weighted by molar-refractivity contribution is 0.228. The van der Waals surface area contributed by atoms with Crippen LogP contribution < -0.4 is 0 Å². The fourth-order valence-corrected chi connectivity index (χ4v) is 1.22. The van der Waals surface area contributed by atoms with Crippen molar-refractivity contribution in [3.05, 3.63) is 47.5 Å². The first kappa shape index (κ1) is 11.6. The van der Waals surface area contributed by atoms with Crippen molar-refractivity contribution in [2.75, 3.05) is 0 Å². The number of allylic oxidation sites excluding steroid dienone is 1. The van der Waals surface area contributed by atoms with Gasteiger partial charge in [0.25, 0.3) is 0 Å². The van der Waals surface area contributed by atoms with E-state index in [-0.39, 0.29) is 0 Å². The van der Waals surface area contributed by atoms with Gasteiger partial charge in [0, 0.05) is 12.0 Å². The summed E-state index contributed by atoms with van der Waals surface area (Å²) < 4.78 is 0. The summed E-state index contributed by atoms with van der Waals surface area (Å²) in [6.45, 7) is 3.93. The molecule has 0 heterocycles.